The molecule has 1 unspecified atom stereocenters. The molecule has 0 radical (unpaired) electrons. The highest BCUT2D eigenvalue weighted by Crippen LogP contribution is 2.22. The van der Waals surface area contributed by atoms with Crippen LogP contribution in [0.15, 0.2) is 40.8 Å². The van der Waals surface area contributed by atoms with Crippen molar-refractivity contribution in [2.45, 2.75) is 25.9 Å². The van der Waals surface area contributed by atoms with Crippen molar-refractivity contribution in [2.75, 3.05) is 7.11 Å². The molecule has 4 heteroatoms. The Morgan fingerprint density at radius 3 is 2.60 bits per heavy atom. The van der Waals surface area contributed by atoms with Gasteiger partial charge in [0, 0.05) is 0 Å². The minimum atomic E-state index is -0.727. The van der Waals surface area contributed by atoms with Crippen molar-refractivity contribution in [2.24, 2.45) is 0 Å². The van der Waals surface area contributed by atoms with E-state index in [0.717, 1.165) is 12.0 Å². The molecule has 0 fully saturated rings. The van der Waals surface area contributed by atoms with Gasteiger partial charge in [-0.25, -0.2) is 4.79 Å². The van der Waals surface area contributed by atoms with Crippen LogP contribution in [0.4, 0.5) is 0 Å². The highest BCUT2D eigenvalue weighted by molar-refractivity contribution is 5.86. The van der Waals surface area contributed by atoms with Crippen molar-refractivity contribution in [3.05, 3.63) is 59.0 Å². The van der Waals surface area contributed by atoms with Gasteiger partial charge in [-0.1, -0.05) is 29.8 Å². The van der Waals surface area contributed by atoms with E-state index >= 15 is 0 Å². The van der Waals surface area contributed by atoms with Gasteiger partial charge in [-0.15, -0.1) is 0 Å². The molecule has 0 aliphatic carbocycles. The lowest BCUT2D eigenvalue weighted by molar-refractivity contribution is 0.0553. The first-order valence-electron chi connectivity index (χ1n) is 6.52. The number of carbonyl (C=O) groups excluding carboxylic acids is 1. The molecule has 4 nitrogen and oxygen atoms in total. The quantitative estimate of drug-likeness (QED) is 0.851. The third kappa shape index (κ3) is 3.48. The molecule has 0 saturated carbocycles. The third-order valence-electron chi connectivity index (χ3n) is 3.17. The summed E-state index contributed by atoms with van der Waals surface area (Å²) in [5.74, 6) is -0.0450. The smallest absolute Gasteiger partial charge is 0.373 e. The normalized spacial score (nSPS) is 12.2. The molecule has 20 heavy (non-hydrogen) atoms. The maximum Gasteiger partial charge on any atom is 0.373 e. The molecule has 0 aliphatic heterocycles. The van der Waals surface area contributed by atoms with Crippen LogP contribution >= 0.6 is 0 Å². The van der Waals surface area contributed by atoms with Gasteiger partial charge in [0.05, 0.1) is 7.11 Å². The zero-order chi connectivity index (χ0) is 14.5. The first kappa shape index (κ1) is 14.3. The number of methoxy groups -OCH3 is 1. The van der Waals surface area contributed by atoms with Gasteiger partial charge in [-0.05, 0) is 37.5 Å². The third-order valence-corrected chi connectivity index (χ3v) is 3.17. The minimum absolute atomic E-state index is 0.108. The van der Waals surface area contributed by atoms with Gasteiger partial charge >= 0.3 is 5.97 Å². The second-order valence-electron chi connectivity index (χ2n) is 4.73. The molecular formula is C16H18O4. The predicted octanol–water partition coefficient (Wildman–Crippen LogP) is 3.04. The lowest BCUT2D eigenvalue weighted by atomic mass is 10.0. The van der Waals surface area contributed by atoms with E-state index in [0.29, 0.717) is 12.2 Å². The van der Waals surface area contributed by atoms with E-state index in [-0.39, 0.29) is 5.76 Å². The molecule has 0 aliphatic rings. The van der Waals surface area contributed by atoms with E-state index in [2.05, 4.69) is 4.74 Å². The molecule has 106 valence electrons. The second-order valence-corrected chi connectivity index (χ2v) is 4.73. The fourth-order valence-electron chi connectivity index (χ4n) is 1.94. The first-order chi connectivity index (χ1) is 9.60. The summed E-state index contributed by atoms with van der Waals surface area (Å²) in [6.07, 6.45) is 0.557. The van der Waals surface area contributed by atoms with E-state index < -0.39 is 12.1 Å². The van der Waals surface area contributed by atoms with Crippen LogP contribution in [-0.4, -0.2) is 18.2 Å². The Hall–Kier alpha value is -2.07. The first-order valence-corrected chi connectivity index (χ1v) is 6.52. The van der Waals surface area contributed by atoms with Crippen LogP contribution < -0.4 is 0 Å². The predicted molar refractivity (Wildman–Crippen MR) is 74.5 cm³/mol. The monoisotopic (exact) mass is 274 g/mol. The molecule has 0 amide bonds. The van der Waals surface area contributed by atoms with E-state index in [9.17, 15) is 9.90 Å². The summed E-state index contributed by atoms with van der Waals surface area (Å²) in [6, 6.07) is 11.3. The van der Waals surface area contributed by atoms with E-state index in [1.807, 2.05) is 31.2 Å². The van der Waals surface area contributed by atoms with Crippen molar-refractivity contribution in [3.63, 3.8) is 0 Å². The number of benzene rings is 1. The van der Waals surface area contributed by atoms with Crippen LogP contribution in [0.2, 0.25) is 0 Å². The second kappa shape index (κ2) is 6.39. The lowest BCUT2D eigenvalue weighted by Crippen LogP contribution is -2.00. The molecule has 1 atom stereocenters. The maximum atomic E-state index is 11.3. The van der Waals surface area contributed by atoms with Crippen molar-refractivity contribution in [1.82, 2.24) is 0 Å². The van der Waals surface area contributed by atoms with E-state index in [4.69, 9.17) is 4.42 Å². The average molecular weight is 274 g/mol. The van der Waals surface area contributed by atoms with Gasteiger partial charge in [0.25, 0.3) is 0 Å². The van der Waals surface area contributed by atoms with Crippen molar-refractivity contribution in [3.8, 4) is 0 Å². The van der Waals surface area contributed by atoms with Gasteiger partial charge in [0.2, 0.25) is 5.76 Å². The Morgan fingerprint density at radius 1 is 1.25 bits per heavy atom. The summed E-state index contributed by atoms with van der Waals surface area (Å²) in [4.78, 5) is 11.3. The van der Waals surface area contributed by atoms with E-state index in [1.165, 1.54) is 18.7 Å². The van der Waals surface area contributed by atoms with Crippen LogP contribution in [0.3, 0.4) is 0 Å². The zero-order valence-electron chi connectivity index (χ0n) is 11.6. The number of hydrogen-bond donors (Lipinski definition) is 1. The molecule has 1 heterocycles. The van der Waals surface area contributed by atoms with Crippen LogP contribution in [0.1, 0.15) is 40.0 Å². The summed E-state index contributed by atoms with van der Waals surface area (Å²) >= 11 is 0. The number of carbonyl (C=O) groups is 1. The van der Waals surface area contributed by atoms with Crippen molar-refractivity contribution in [1.29, 1.82) is 0 Å². The van der Waals surface area contributed by atoms with Crippen LogP contribution in [0.25, 0.3) is 0 Å². The summed E-state index contributed by atoms with van der Waals surface area (Å²) in [6.45, 7) is 2.04. The topological polar surface area (TPSA) is 59.7 Å². The Balaban J connectivity index is 1.94. The lowest BCUT2D eigenvalue weighted by Gasteiger charge is -2.08. The Morgan fingerprint density at radius 2 is 1.95 bits per heavy atom. The number of esters is 1. The van der Waals surface area contributed by atoms with Gasteiger partial charge in [0.15, 0.2) is 0 Å². The SMILES string of the molecule is COC(=O)c1ccc(C(O)CCc2ccc(C)cc2)o1. The fourth-order valence-corrected chi connectivity index (χ4v) is 1.94. The summed E-state index contributed by atoms with van der Waals surface area (Å²) in [5.41, 5.74) is 2.37. The van der Waals surface area contributed by atoms with Crippen molar-refractivity contribution < 1.29 is 19.1 Å². The molecule has 0 spiro atoms. The Bertz CT molecular complexity index is 568. The molecule has 1 N–H and O–H groups in total. The Kier molecular flexibility index (Phi) is 4.58. The average Bonchev–Trinajstić information content (AvgIpc) is 2.95. The zero-order valence-corrected chi connectivity index (χ0v) is 11.6. The van der Waals surface area contributed by atoms with Crippen LogP contribution in [0.5, 0.6) is 0 Å². The molecule has 2 rings (SSSR count). The number of aryl methyl sites for hydroxylation is 2. The summed E-state index contributed by atoms with van der Waals surface area (Å²) in [7, 11) is 1.29. The van der Waals surface area contributed by atoms with Gasteiger partial charge in [-0.3, -0.25) is 0 Å². The largest absolute Gasteiger partial charge is 0.463 e. The van der Waals surface area contributed by atoms with Crippen molar-refractivity contribution >= 4 is 5.97 Å². The van der Waals surface area contributed by atoms with Gasteiger partial charge < -0.3 is 14.3 Å². The molecule has 1 aromatic heterocycles. The molecule has 1 aromatic carbocycles. The van der Waals surface area contributed by atoms with Gasteiger partial charge in [-0.2, -0.15) is 0 Å². The number of aliphatic hydroxyl groups is 1. The standard InChI is InChI=1S/C16H18O4/c1-11-3-5-12(6-4-11)7-8-13(17)14-9-10-15(20-14)16(18)19-2/h3-6,9-10,13,17H,7-8H2,1-2H3. The molecule has 0 bridgehead atoms. The molecule has 0 saturated heterocycles. The minimum Gasteiger partial charge on any atom is -0.463 e. The number of rotatable bonds is 5. The number of ether oxygens (including phenoxy) is 1. The Labute approximate surface area is 118 Å². The van der Waals surface area contributed by atoms with E-state index in [1.54, 1.807) is 6.07 Å². The number of hydrogen-bond acceptors (Lipinski definition) is 4. The summed E-state index contributed by atoms with van der Waals surface area (Å²) in [5, 5.41) is 10.1. The van der Waals surface area contributed by atoms with Crippen LogP contribution in [0, 0.1) is 6.92 Å². The number of aliphatic hydroxyl groups excluding tert-OH is 1. The maximum absolute atomic E-state index is 11.3. The highest BCUT2D eigenvalue weighted by atomic mass is 16.5. The molecular weight excluding hydrogens is 256 g/mol. The van der Waals surface area contributed by atoms with Gasteiger partial charge in [0.1, 0.15) is 11.9 Å². The molecule has 2 aromatic rings. The van der Waals surface area contributed by atoms with Crippen LogP contribution in [-0.2, 0) is 11.2 Å². The summed E-state index contributed by atoms with van der Waals surface area (Å²) < 4.78 is 9.84. The fraction of sp³-hybridized carbons (Fsp3) is 0.312. The number of furan rings is 1. The highest BCUT2D eigenvalue weighted by Gasteiger charge is 2.16.